The van der Waals surface area contributed by atoms with Crippen molar-refractivity contribution in [2.75, 3.05) is 11.5 Å². The quantitative estimate of drug-likeness (QED) is 0.0266. The van der Waals surface area contributed by atoms with Gasteiger partial charge < -0.3 is 40.0 Å². The number of carbonyl (C=O) groups excluding carboxylic acids is 1. The van der Waals surface area contributed by atoms with Crippen molar-refractivity contribution in [2.45, 2.75) is 51.7 Å². The number of para-hydroxylation sites is 4. The topological polar surface area (TPSA) is 224 Å². The molecule has 0 radical (unpaired) electrons. The summed E-state index contributed by atoms with van der Waals surface area (Å²) in [6, 6.07) is 128. The molecule has 18 aromatic carbocycles. The summed E-state index contributed by atoms with van der Waals surface area (Å²) in [6.07, 6.45) is 1.96. The fourth-order valence-electron chi connectivity index (χ4n) is 16.6. The van der Waals surface area contributed by atoms with Crippen LogP contribution in [0.2, 0.25) is 30.1 Å². The van der Waals surface area contributed by atoms with Gasteiger partial charge in [0, 0.05) is 136 Å². The first kappa shape index (κ1) is 113. The van der Waals surface area contributed by atoms with E-state index in [1.807, 2.05) is 155 Å². The second kappa shape index (κ2) is 52.3. The molecule has 0 atom stereocenters. The van der Waals surface area contributed by atoms with Crippen molar-refractivity contribution in [3.8, 4) is 55.9 Å². The number of nitrogens with two attached hydrogens (primary N) is 2. The molecule has 1 fully saturated rings. The van der Waals surface area contributed by atoms with Gasteiger partial charge in [-0.2, -0.15) is 0 Å². The summed E-state index contributed by atoms with van der Waals surface area (Å²) in [5, 5.41) is 47.0. The molecule has 0 saturated carbocycles. The molecule has 2 aliphatic carbocycles. The highest BCUT2D eigenvalue weighted by Crippen LogP contribution is 2.48. The van der Waals surface area contributed by atoms with Crippen molar-refractivity contribution in [1.82, 2.24) is 9.13 Å². The zero-order valence-corrected chi connectivity index (χ0v) is 96.1. The molecule has 6 N–H and O–H groups in total. The monoisotopic (exact) mass is 2590 g/mol. The van der Waals surface area contributed by atoms with E-state index >= 15 is 0 Å². The number of hydrogen-bond acceptors (Lipinski definition) is 11. The predicted molar refractivity (Wildman–Crippen MR) is 647 cm³/mol. The maximum absolute atomic E-state index is 11.0. The summed E-state index contributed by atoms with van der Waals surface area (Å²) in [4.78, 5) is 30.9. The highest BCUT2D eigenvalue weighted by Gasteiger charge is 2.52. The number of nitro groups is 2. The Hall–Kier alpha value is -10.8. The molecule has 31 heteroatoms. The van der Waals surface area contributed by atoms with E-state index in [0.717, 1.165) is 118 Å². The van der Waals surface area contributed by atoms with Crippen molar-refractivity contribution in [3.05, 3.63) is 509 Å². The maximum Gasteiger partial charge on any atom is 0.496 e. The lowest BCUT2D eigenvalue weighted by Gasteiger charge is -2.32. The van der Waals surface area contributed by atoms with Gasteiger partial charge >= 0.3 is 14.2 Å². The number of benzene rings is 18. The molecule has 3 heterocycles. The number of halogens is 14. The Morgan fingerprint density at radius 2 is 0.818 bits per heavy atom. The van der Waals surface area contributed by atoms with Crippen molar-refractivity contribution >= 4 is 296 Å². The molecule has 0 spiro atoms. The summed E-state index contributed by atoms with van der Waals surface area (Å²) >= 11 is 64.2. The van der Waals surface area contributed by atoms with E-state index in [4.69, 9.17) is 112 Å². The zero-order valence-electron chi connectivity index (χ0n) is 79.2. The molecular weight excluding hydrogens is 2510 g/mol. The van der Waals surface area contributed by atoms with Crippen LogP contribution in [0, 0.1) is 23.8 Å². The van der Waals surface area contributed by atoms with E-state index in [2.05, 4.69) is 291 Å². The lowest BCUT2D eigenvalue weighted by molar-refractivity contribution is -0.385. The van der Waals surface area contributed by atoms with Crippen molar-refractivity contribution in [1.29, 1.82) is 0 Å². The standard InChI is InChI=1S/C24H17ClN2.C18H11BrClN.2C13H8BrCl.C12H18BNO2.C12H7BrClNO2.C7H5ClO.C6H6BClO2.C6H3Br2NO2.C6H5I/c25-16-13-14-22-20(15-16)24-19(18-9-4-5-11-21(18)26)10-6-12-23(24)27(22)17-7-2-1-3-8-17;19-15-7-4-8-17-18(15)14-11-12(20)9-10-16(14)21(17)13-5-2-1-3-6-13;14-11-5-1-3-8-7-10-9(13(8)11)4-2-6-12(10)15;14-12-3-1-2-9-6-8-4-5-10(15)7-11(8)13(9)12;1-11(2)12(3,4)16-13(15-11)9-7-5-6-8-10(9)14;13-10-5-2-6-11(15(16)17)12(10)8-3-1-4-9(14)7-8;8-7(9)6-4-2-1-3-5-6;8-6-3-1-2-5(4-6)7(9)10;7-4-2-1-3-5(6(4)8)9(10)11;7-6-4-2-1-3-5-6/h1-15H,26H2;1-11H;1-6H,7H2;1-5,7H,6H2;5-8H,14H2,1-4H3;1-7H;1-5H;1-4,9-10H;1-3H;1-5H. The van der Waals surface area contributed by atoms with Gasteiger partial charge in [-0.05, 0) is 347 Å². The number of anilines is 2. The van der Waals surface area contributed by atoms with E-state index in [1.165, 1.54) is 77.2 Å². The van der Waals surface area contributed by atoms with Crippen LogP contribution in [0.5, 0.6) is 0 Å². The summed E-state index contributed by atoms with van der Waals surface area (Å²) in [6.45, 7) is 8.14. The molecule has 3 aliphatic rings. The summed E-state index contributed by atoms with van der Waals surface area (Å²) in [5.41, 5.74) is 35.8. The third-order valence-corrected chi connectivity index (χ3v) is 31.4. The fraction of sp³-hybridized carbons (Fsp3) is 0.0684. The molecule has 0 unspecified atom stereocenters. The molecular formula is C117H88B2Br6Cl7IN6O9. The number of rotatable bonds is 9. The highest BCUT2D eigenvalue weighted by molar-refractivity contribution is 14.1. The molecule has 744 valence electrons. The lowest BCUT2D eigenvalue weighted by atomic mass is 9.78. The Bertz CT molecular complexity index is 8170. The summed E-state index contributed by atoms with van der Waals surface area (Å²) in [7, 11) is -1.80. The van der Waals surface area contributed by atoms with Crippen LogP contribution in [0.25, 0.3) is 99.5 Å². The molecule has 1 saturated heterocycles. The zero-order chi connectivity index (χ0) is 106. The molecule has 148 heavy (non-hydrogen) atoms. The van der Waals surface area contributed by atoms with Gasteiger partial charge in [-0.1, -0.05) is 336 Å². The van der Waals surface area contributed by atoms with Crippen LogP contribution in [0.1, 0.15) is 60.3 Å². The average molecular weight is 2600 g/mol. The Balaban J connectivity index is 0.000000132. The Labute approximate surface area is 957 Å². The Morgan fingerprint density at radius 1 is 0.392 bits per heavy atom. The van der Waals surface area contributed by atoms with E-state index < -0.39 is 22.2 Å². The fourth-order valence-corrected chi connectivity index (χ4v) is 21.5. The number of aromatic nitrogens is 2. The first-order valence-electron chi connectivity index (χ1n) is 45.7. The summed E-state index contributed by atoms with van der Waals surface area (Å²) in [5.74, 6) is 0. The van der Waals surface area contributed by atoms with E-state index in [-0.39, 0.29) is 29.7 Å². The summed E-state index contributed by atoms with van der Waals surface area (Å²) < 4.78 is 22.9. The van der Waals surface area contributed by atoms with Gasteiger partial charge in [-0.15, -0.1) is 0 Å². The van der Waals surface area contributed by atoms with Crippen molar-refractivity contribution in [2.24, 2.45) is 0 Å². The highest BCUT2D eigenvalue weighted by atomic mass is 127. The van der Waals surface area contributed by atoms with Gasteiger partial charge in [-0.3, -0.25) is 25.0 Å². The number of nitro benzene ring substituents is 2. The number of nitrogen functional groups attached to an aromatic ring is 2. The van der Waals surface area contributed by atoms with Gasteiger partial charge in [0.1, 0.15) is 4.47 Å². The van der Waals surface area contributed by atoms with Gasteiger partial charge in [0.25, 0.3) is 16.6 Å². The van der Waals surface area contributed by atoms with Gasteiger partial charge in [-0.25, -0.2) is 0 Å². The minimum Gasteiger partial charge on any atom is -0.423 e. The average Bonchev–Trinajstić information content (AvgIpc) is 1.59. The van der Waals surface area contributed by atoms with Crippen LogP contribution < -0.4 is 22.4 Å². The normalized spacial score (nSPS) is 12.1. The molecule has 23 rings (SSSR count). The number of carbonyl (C=O) groups is 1. The van der Waals surface area contributed by atoms with Gasteiger partial charge in [0.15, 0.2) is 0 Å². The second-order valence-electron chi connectivity index (χ2n) is 34.4. The van der Waals surface area contributed by atoms with Crippen molar-refractivity contribution < 1.29 is 34.0 Å². The second-order valence-corrected chi connectivity index (χ2v) is 43.6. The maximum atomic E-state index is 11.0. The lowest BCUT2D eigenvalue weighted by Crippen LogP contribution is -2.41. The number of fused-ring (bicyclic) bond motifs is 12. The molecule has 15 nitrogen and oxygen atoms in total. The van der Waals surface area contributed by atoms with E-state index in [9.17, 15) is 25.0 Å². The van der Waals surface area contributed by atoms with Crippen LogP contribution in [0.4, 0.5) is 22.7 Å². The molecule has 20 aromatic rings. The minimum absolute atomic E-state index is 0.0571. The van der Waals surface area contributed by atoms with Crippen LogP contribution in [0.15, 0.2) is 427 Å². The van der Waals surface area contributed by atoms with Crippen LogP contribution in [0.3, 0.4) is 0 Å². The molecule has 1 aliphatic heterocycles. The SMILES string of the molecule is CC1(C)OB(c2ccccc2N)OC1(C)C.Clc1ccc2c(c1)-c1c(Br)cccc1C2.Clc1ccc2c(c1)c1c(Br)cccc1n2-c1ccccc1.Clc1cccc2c1Cc1cccc(Br)c1-2.Ic1ccccc1.Nc1ccccc1-c1cccc2c1c1cc(Cl)ccc1n2-c1ccccc1.O=C(Cl)c1ccccc1.O=[N+]([O-])c1cccc(Br)c1-c1cccc(Cl)c1.O=[N+]([O-])c1cccc(Br)c1Br.OB(O)c1cccc(Cl)c1. The number of hydrogen-bond donors (Lipinski definition) is 4. The smallest absolute Gasteiger partial charge is 0.423 e. The molecule has 0 amide bonds. The van der Waals surface area contributed by atoms with Crippen LogP contribution in [-0.4, -0.2) is 59.7 Å². The van der Waals surface area contributed by atoms with Gasteiger partial charge in [0.2, 0.25) is 0 Å². The van der Waals surface area contributed by atoms with Crippen LogP contribution in [-0.2, 0) is 22.2 Å². The van der Waals surface area contributed by atoms with Crippen LogP contribution >= 0.6 is 199 Å². The third-order valence-electron chi connectivity index (χ3n) is 24.2. The first-order chi connectivity index (χ1) is 71.0. The predicted octanol–water partition coefficient (Wildman–Crippen LogP) is 36.0. The largest absolute Gasteiger partial charge is 0.496 e. The van der Waals surface area contributed by atoms with E-state index in [0.29, 0.717) is 45.7 Å². The number of nitrogens with zero attached hydrogens (tertiary/aromatic N) is 4. The first-order valence-corrected chi connectivity index (χ1v) is 54.2. The molecule has 0 bridgehead atoms. The Kier molecular flexibility index (Phi) is 39.9. The minimum atomic E-state index is -1.43. The third kappa shape index (κ3) is 28.0. The molecule has 2 aromatic heterocycles. The van der Waals surface area contributed by atoms with Crippen molar-refractivity contribution in [3.63, 3.8) is 0 Å². The Morgan fingerprint density at radius 3 is 1.34 bits per heavy atom. The van der Waals surface area contributed by atoms with E-state index in [1.54, 1.807) is 91.0 Å². The van der Waals surface area contributed by atoms with Gasteiger partial charge in [0.05, 0.1) is 48.7 Å².